The fourth-order valence-corrected chi connectivity index (χ4v) is 2.10. The third-order valence-corrected chi connectivity index (χ3v) is 3.20. The molecule has 2 aromatic carbocycles. The maximum Gasteiger partial charge on any atom is 0.166 e. The number of para-hydroxylation sites is 1. The van der Waals surface area contributed by atoms with Crippen LogP contribution in [0.1, 0.15) is 18.1 Å². The van der Waals surface area contributed by atoms with Gasteiger partial charge in [-0.1, -0.05) is 29.8 Å². The highest BCUT2D eigenvalue weighted by Crippen LogP contribution is 2.32. The largest absolute Gasteiger partial charge is 0.490 e. The Bertz CT molecular complexity index is 619. The lowest BCUT2D eigenvalue weighted by molar-refractivity contribution is 0.263. The molecule has 0 atom stereocenters. The van der Waals surface area contributed by atoms with Crippen molar-refractivity contribution in [2.75, 3.05) is 6.61 Å². The quantitative estimate of drug-likeness (QED) is 0.879. The standard InChI is InChI=1S/C16H17ClFNO2/c1-2-20-15-5-3-4-11(9-19)16(15)21-10-12-6-7-13(17)8-14(12)18/h3-8H,2,9-10,19H2,1H3. The monoisotopic (exact) mass is 309 g/mol. The normalized spacial score (nSPS) is 10.5. The first kappa shape index (κ1) is 15.6. The SMILES string of the molecule is CCOc1cccc(CN)c1OCc1ccc(Cl)cc1F. The molecule has 0 radical (unpaired) electrons. The fraction of sp³-hybridized carbons (Fsp3) is 0.250. The number of benzene rings is 2. The Kier molecular flexibility index (Phi) is 5.42. The molecular formula is C16H17ClFNO2. The summed E-state index contributed by atoms with van der Waals surface area (Å²) in [7, 11) is 0. The summed E-state index contributed by atoms with van der Waals surface area (Å²) in [6.45, 7) is 2.80. The van der Waals surface area contributed by atoms with Crippen molar-refractivity contribution in [3.05, 3.63) is 58.4 Å². The van der Waals surface area contributed by atoms with Crippen LogP contribution in [0, 0.1) is 5.82 Å². The summed E-state index contributed by atoms with van der Waals surface area (Å²) in [6, 6.07) is 10.00. The molecule has 5 heteroatoms. The Morgan fingerprint density at radius 3 is 2.62 bits per heavy atom. The molecular weight excluding hydrogens is 293 g/mol. The van der Waals surface area contributed by atoms with Crippen LogP contribution in [0.2, 0.25) is 5.02 Å². The van der Waals surface area contributed by atoms with Crippen LogP contribution in [0.25, 0.3) is 0 Å². The van der Waals surface area contributed by atoms with Gasteiger partial charge >= 0.3 is 0 Å². The van der Waals surface area contributed by atoms with Crippen LogP contribution >= 0.6 is 11.6 Å². The van der Waals surface area contributed by atoms with Gasteiger partial charge in [0.15, 0.2) is 11.5 Å². The zero-order chi connectivity index (χ0) is 15.2. The molecule has 112 valence electrons. The molecule has 0 aliphatic heterocycles. The molecule has 0 bridgehead atoms. The molecule has 0 unspecified atom stereocenters. The van der Waals surface area contributed by atoms with E-state index in [1.807, 2.05) is 19.1 Å². The third-order valence-electron chi connectivity index (χ3n) is 2.97. The molecule has 0 aromatic heterocycles. The molecule has 0 heterocycles. The lowest BCUT2D eigenvalue weighted by Gasteiger charge is -2.15. The number of rotatable bonds is 6. The van der Waals surface area contributed by atoms with E-state index in [1.54, 1.807) is 18.2 Å². The van der Waals surface area contributed by atoms with Gasteiger partial charge in [-0.15, -0.1) is 0 Å². The smallest absolute Gasteiger partial charge is 0.166 e. The average molecular weight is 310 g/mol. The van der Waals surface area contributed by atoms with Gasteiger partial charge in [-0.2, -0.15) is 0 Å². The molecule has 0 saturated carbocycles. The van der Waals surface area contributed by atoms with E-state index in [9.17, 15) is 4.39 Å². The first-order chi connectivity index (χ1) is 10.2. The number of ether oxygens (including phenoxy) is 2. The van der Waals surface area contributed by atoms with Gasteiger partial charge < -0.3 is 15.2 Å². The highest BCUT2D eigenvalue weighted by Gasteiger charge is 2.11. The third kappa shape index (κ3) is 3.86. The number of nitrogens with two attached hydrogens (primary N) is 1. The average Bonchev–Trinajstić information content (AvgIpc) is 2.47. The van der Waals surface area contributed by atoms with Gasteiger partial charge in [0.25, 0.3) is 0 Å². The summed E-state index contributed by atoms with van der Waals surface area (Å²) in [4.78, 5) is 0. The molecule has 2 rings (SSSR count). The van der Waals surface area contributed by atoms with Crippen LogP contribution in [0.3, 0.4) is 0 Å². The van der Waals surface area contributed by atoms with Crippen molar-refractivity contribution in [1.29, 1.82) is 0 Å². The Morgan fingerprint density at radius 2 is 1.95 bits per heavy atom. The minimum atomic E-state index is -0.398. The first-order valence-electron chi connectivity index (χ1n) is 6.67. The van der Waals surface area contributed by atoms with E-state index < -0.39 is 5.82 Å². The van der Waals surface area contributed by atoms with Crippen LogP contribution in [0.5, 0.6) is 11.5 Å². The van der Waals surface area contributed by atoms with E-state index in [-0.39, 0.29) is 6.61 Å². The summed E-state index contributed by atoms with van der Waals surface area (Å²) in [6.07, 6.45) is 0. The molecule has 2 N–H and O–H groups in total. The second-order valence-electron chi connectivity index (χ2n) is 4.41. The highest BCUT2D eigenvalue weighted by atomic mass is 35.5. The van der Waals surface area contributed by atoms with Crippen molar-refractivity contribution in [3.63, 3.8) is 0 Å². The van der Waals surface area contributed by atoms with Gasteiger partial charge in [0.05, 0.1) is 6.61 Å². The molecule has 0 amide bonds. The minimum absolute atomic E-state index is 0.0834. The van der Waals surface area contributed by atoms with Crippen LogP contribution in [-0.2, 0) is 13.2 Å². The molecule has 0 fully saturated rings. The van der Waals surface area contributed by atoms with Gasteiger partial charge in [0, 0.05) is 22.7 Å². The van der Waals surface area contributed by atoms with Crippen molar-refractivity contribution < 1.29 is 13.9 Å². The van der Waals surface area contributed by atoms with Crippen molar-refractivity contribution in [1.82, 2.24) is 0 Å². The molecule has 0 aliphatic rings. The summed E-state index contributed by atoms with van der Waals surface area (Å²) in [5.74, 6) is 0.761. The highest BCUT2D eigenvalue weighted by molar-refractivity contribution is 6.30. The molecule has 21 heavy (non-hydrogen) atoms. The summed E-state index contributed by atoms with van der Waals surface area (Å²) in [5, 5.41) is 0.355. The van der Waals surface area contributed by atoms with Gasteiger partial charge in [-0.25, -0.2) is 4.39 Å². The van der Waals surface area contributed by atoms with E-state index in [0.29, 0.717) is 35.2 Å². The summed E-state index contributed by atoms with van der Waals surface area (Å²) < 4.78 is 25.0. The van der Waals surface area contributed by atoms with Crippen molar-refractivity contribution in [2.24, 2.45) is 5.73 Å². The van der Waals surface area contributed by atoms with Gasteiger partial charge in [-0.05, 0) is 25.1 Å². The Hall–Kier alpha value is -1.78. The second-order valence-corrected chi connectivity index (χ2v) is 4.84. The zero-order valence-electron chi connectivity index (χ0n) is 11.7. The predicted molar refractivity (Wildman–Crippen MR) is 81.2 cm³/mol. The van der Waals surface area contributed by atoms with Crippen LogP contribution in [0.15, 0.2) is 36.4 Å². The Balaban J connectivity index is 2.22. The molecule has 0 saturated heterocycles. The topological polar surface area (TPSA) is 44.5 Å². The summed E-state index contributed by atoms with van der Waals surface area (Å²) >= 11 is 5.73. The molecule has 3 nitrogen and oxygen atoms in total. The molecule has 2 aromatic rings. The molecule has 0 spiro atoms. The van der Waals surface area contributed by atoms with Crippen LogP contribution < -0.4 is 15.2 Å². The number of hydrogen-bond donors (Lipinski definition) is 1. The lowest BCUT2D eigenvalue weighted by atomic mass is 10.2. The lowest BCUT2D eigenvalue weighted by Crippen LogP contribution is -2.06. The van der Waals surface area contributed by atoms with Gasteiger partial charge in [-0.3, -0.25) is 0 Å². The Morgan fingerprint density at radius 1 is 1.14 bits per heavy atom. The van der Waals surface area contributed by atoms with E-state index in [4.69, 9.17) is 26.8 Å². The van der Waals surface area contributed by atoms with E-state index >= 15 is 0 Å². The fourth-order valence-electron chi connectivity index (χ4n) is 1.94. The van der Waals surface area contributed by atoms with Crippen LogP contribution in [0.4, 0.5) is 4.39 Å². The van der Waals surface area contributed by atoms with Crippen LogP contribution in [-0.4, -0.2) is 6.61 Å². The maximum absolute atomic E-state index is 13.8. The van der Waals surface area contributed by atoms with E-state index in [2.05, 4.69) is 0 Å². The summed E-state index contributed by atoms with van der Waals surface area (Å²) in [5.41, 5.74) is 6.95. The van der Waals surface area contributed by atoms with E-state index in [0.717, 1.165) is 5.56 Å². The second kappa shape index (κ2) is 7.29. The first-order valence-corrected chi connectivity index (χ1v) is 7.05. The maximum atomic E-state index is 13.8. The number of hydrogen-bond acceptors (Lipinski definition) is 3. The van der Waals surface area contributed by atoms with Crippen molar-refractivity contribution in [2.45, 2.75) is 20.1 Å². The number of halogens is 2. The minimum Gasteiger partial charge on any atom is -0.490 e. The van der Waals surface area contributed by atoms with E-state index in [1.165, 1.54) is 6.07 Å². The van der Waals surface area contributed by atoms with Gasteiger partial charge in [0.2, 0.25) is 0 Å². The van der Waals surface area contributed by atoms with Crippen molar-refractivity contribution >= 4 is 11.6 Å². The zero-order valence-corrected chi connectivity index (χ0v) is 12.5. The Labute approximate surface area is 128 Å². The van der Waals surface area contributed by atoms with Gasteiger partial charge in [0.1, 0.15) is 12.4 Å². The predicted octanol–water partition coefficient (Wildman–Crippen LogP) is 3.92. The molecule has 0 aliphatic carbocycles. The van der Waals surface area contributed by atoms with Crippen molar-refractivity contribution in [3.8, 4) is 11.5 Å².